The SMILES string of the molecule is Cc1cnc(CNC(=O)N[C@@H](CCC(=O)O)C(=O)O)o1. The highest BCUT2D eigenvalue weighted by atomic mass is 16.4. The Balaban J connectivity index is 2.41. The smallest absolute Gasteiger partial charge is 0.326 e. The Labute approximate surface area is 114 Å². The van der Waals surface area contributed by atoms with Gasteiger partial charge in [-0.1, -0.05) is 0 Å². The van der Waals surface area contributed by atoms with Gasteiger partial charge < -0.3 is 25.3 Å². The van der Waals surface area contributed by atoms with Crippen LogP contribution in [0.15, 0.2) is 10.6 Å². The summed E-state index contributed by atoms with van der Waals surface area (Å²) in [4.78, 5) is 36.6. The van der Waals surface area contributed by atoms with Crippen LogP contribution in [0.2, 0.25) is 0 Å². The zero-order chi connectivity index (χ0) is 15.1. The highest BCUT2D eigenvalue weighted by Gasteiger charge is 2.20. The summed E-state index contributed by atoms with van der Waals surface area (Å²) < 4.78 is 5.12. The van der Waals surface area contributed by atoms with Crippen molar-refractivity contribution in [3.05, 3.63) is 17.8 Å². The fourth-order valence-electron chi connectivity index (χ4n) is 1.37. The van der Waals surface area contributed by atoms with Gasteiger partial charge in [-0.3, -0.25) is 4.79 Å². The van der Waals surface area contributed by atoms with Crippen molar-refractivity contribution in [2.24, 2.45) is 0 Å². The molecule has 0 spiro atoms. The third-order valence-corrected chi connectivity index (χ3v) is 2.32. The van der Waals surface area contributed by atoms with E-state index in [4.69, 9.17) is 14.6 Å². The lowest BCUT2D eigenvalue weighted by atomic mass is 10.1. The van der Waals surface area contributed by atoms with Crippen molar-refractivity contribution in [1.82, 2.24) is 15.6 Å². The van der Waals surface area contributed by atoms with Gasteiger partial charge in [0.15, 0.2) is 0 Å². The summed E-state index contributed by atoms with van der Waals surface area (Å²) in [5.74, 6) is -1.55. The van der Waals surface area contributed by atoms with Gasteiger partial charge in [-0.25, -0.2) is 14.6 Å². The average Bonchev–Trinajstić information content (AvgIpc) is 2.77. The molecule has 9 heteroatoms. The number of oxazole rings is 1. The normalized spacial score (nSPS) is 11.7. The topological polar surface area (TPSA) is 142 Å². The third kappa shape index (κ3) is 5.38. The van der Waals surface area contributed by atoms with Crippen LogP contribution in [-0.4, -0.2) is 39.2 Å². The predicted octanol–water partition coefficient (Wildman–Crippen LogP) is 0.100. The molecule has 1 aromatic rings. The second-order valence-electron chi connectivity index (χ2n) is 4.01. The summed E-state index contributed by atoms with van der Waals surface area (Å²) >= 11 is 0. The highest BCUT2D eigenvalue weighted by molar-refractivity contribution is 5.82. The van der Waals surface area contributed by atoms with Crippen molar-refractivity contribution < 1.29 is 29.0 Å². The van der Waals surface area contributed by atoms with Gasteiger partial charge in [-0.2, -0.15) is 0 Å². The van der Waals surface area contributed by atoms with Crippen molar-refractivity contribution in [3.8, 4) is 0 Å². The number of hydrogen-bond acceptors (Lipinski definition) is 5. The molecule has 0 radical (unpaired) electrons. The summed E-state index contributed by atoms with van der Waals surface area (Å²) in [6.07, 6.45) is 0.939. The van der Waals surface area contributed by atoms with E-state index in [1.807, 2.05) is 0 Å². The Morgan fingerprint density at radius 3 is 2.60 bits per heavy atom. The zero-order valence-corrected chi connectivity index (χ0v) is 10.8. The molecule has 0 unspecified atom stereocenters. The van der Waals surface area contributed by atoms with Gasteiger partial charge >= 0.3 is 18.0 Å². The van der Waals surface area contributed by atoms with Crippen LogP contribution in [0.3, 0.4) is 0 Å². The fraction of sp³-hybridized carbons (Fsp3) is 0.455. The molecule has 9 nitrogen and oxygen atoms in total. The zero-order valence-electron chi connectivity index (χ0n) is 10.8. The summed E-state index contributed by atoms with van der Waals surface area (Å²) in [5.41, 5.74) is 0. The van der Waals surface area contributed by atoms with Crippen molar-refractivity contribution in [2.45, 2.75) is 32.4 Å². The van der Waals surface area contributed by atoms with Crippen LogP contribution in [0.25, 0.3) is 0 Å². The van der Waals surface area contributed by atoms with E-state index < -0.39 is 24.0 Å². The lowest BCUT2D eigenvalue weighted by molar-refractivity contribution is -0.140. The second kappa shape index (κ2) is 7.12. The molecule has 110 valence electrons. The Morgan fingerprint density at radius 2 is 2.10 bits per heavy atom. The Kier molecular flexibility index (Phi) is 5.51. The molecule has 0 saturated heterocycles. The molecule has 0 saturated carbocycles. The summed E-state index contributed by atoms with van der Waals surface area (Å²) in [5, 5.41) is 21.9. The molecule has 1 rings (SSSR count). The molecule has 2 amide bonds. The maximum absolute atomic E-state index is 11.5. The van der Waals surface area contributed by atoms with Crippen molar-refractivity contribution in [2.75, 3.05) is 0 Å². The van der Waals surface area contributed by atoms with Crippen LogP contribution in [0.1, 0.15) is 24.5 Å². The Hall–Kier alpha value is -2.58. The van der Waals surface area contributed by atoms with Gasteiger partial charge in [-0.15, -0.1) is 0 Å². The average molecular weight is 285 g/mol. The van der Waals surface area contributed by atoms with Crippen LogP contribution in [0.5, 0.6) is 0 Å². The molecule has 1 aromatic heterocycles. The molecular formula is C11H15N3O6. The van der Waals surface area contributed by atoms with Gasteiger partial charge in [0.2, 0.25) is 5.89 Å². The van der Waals surface area contributed by atoms with Gasteiger partial charge in [0, 0.05) is 6.42 Å². The molecular weight excluding hydrogens is 270 g/mol. The monoisotopic (exact) mass is 285 g/mol. The van der Waals surface area contributed by atoms with Gasteiger partial charge in [0.1, 0.15) is 11.8 Å². The first-order valence-corrected chi connectivity index (χ1v) is 5.78. The second-order valence-corrected chi connectivity index (χ2v) is 4.01. The number of aromatic nitrogens is 1. The largest absolute Gasteiger partial charge is 0.481 e. The van der Waals surface area contributed by atoms with Crippen LogP contribution < -0.4 is 10.6 Å². The van der Waals surface area contributed by atoms with Gasteiger partial charge in [0.25, 0.3) is 0 Å². The summed E-state index contributed by atoms with van der Waals surface area (Å²) in [6, 6.07) is -2.00. The Bertz CT molecular complexity index is 498. The first-order valence-electron chi connectivity index (χ1n) is 5.78. The Morgan fingerprint density at radius 1 is 1.40 bits per heavy atom. The number of nitrogens with zero attached hydrogens (tertiary/aromatic N) is 1. The molecule has 0 aliphatic rings. The number of nitrogens with one attached hydrogen (secondary N) is 2. The minimum Gasteiger partial charge on any atom is -0.481 e. The van der Waals surface area contributed by atoms with Crippen LogP contribution in [0, 0.1) is 6.92 Å². The third-order valence-electron chi connectivity index (χ3n) is 2.32. The first kappa shape index (κ1) is 15.5. The standard InChI is InChI=1S/C11H15N3O6/c1-6-4-12-8(20-6)5-13-11(19)14-7(10(17)18)2-3-9(15)16/h4,7H,2-3,5H2,1H3,(H,15,16)(H,17,18)(H2,13,14,19)/t7-/m0/s1. The first-order chi connectivity index (χ1) is 9.38. The number of aryl methyl sites for hydroxylation is 1. The molecule has 0 aliphatic heterocycles. The van der Waals surface area contributed by atoms with E-state index in [1.165, 1.54) is 6.20 Å². The number of hydrogen-bond donors (Lipinski definition) is 4. The number of aliphatic carboxylic acids is 2. The maximum Gasteiger partial charge on any atom is 0.326 e. The van der Waals surface area contributed by atoms with E-state index in [9.17, 15) is 14.4 Å². The molecule has 20 heavy (non-hydrogen) atoms. The minimum absolute atomic E-state index is 0.00490. The maximum atomic E-state index is 11.5. The van der Waals surface area contributed by atoms with E-state index >= 15 is 0 Å². The van der Waals surface area contributed by atoms with Gasteiger partial charge in [-0.05, 0) is 13.3 Å². The van der Waals surface area contributed by atoms with E-state index in [1.54, 1.807) is 6.92 Å². The van der Waals surface area contributed by atoms with Crippen molar-refractivity contribution >= 4 is 18.0 Å². The molecule has 4 N–H and O–H groups in total. The van der Waals surface area contributed by atoms with Crippen molar-refractivity contribution in [3.63, 3.8) is 0 Å². The molecule has 1 atom stereocenters. The number of rotatable bonds is 7. The minimum atomic E-state index is -1.30. The number of carboxylic acids is 2. The van der Waals surface area contributed by atoms with Gasteiger partial charge in [0.05, 0.1) is 12.7 Å². The van der Waals surface area contributed by atoms with E-state index in [0.29, 0.717) is 5.76 Å². The quantitative estimate of drug-likeness (QED) is 0.556. The fourth-order valence-corrected chi connectivity index (χ4v) is 1.37. The number of amides is 2. The van der Waals surface area contributed by atoms with Crippen molar-refractivity contribution in [1.29, 1.82) is 0 Å². The lowest BCUT2D eigenvalue weighted by Crippen LogP contribution is -2.46. The molecule has 0 aliphatic carbocycles. The highest BCUT2D eigenvalue weighted by Crippen LogP contribution is 2.01. The summed E-state index contributed by atoms with van der Waals surface area (Å²) in [6.45, 7) is 1.70. The predicted molar refractivity (Wildman–Crippen MR) is 64.9 cm³/mol. The van der Waals surface area contributed by atoms with E-state index in [-0.39, 0.29) is 25.3 Å². The van der Waals surface area contributed by atoms with E-state index in [0.717, 1.165) is 0 Å². The van der Waals surface area contributed by atoms with E-state index in [2.05, 4.69) is 15.6 Å². The molecule has 0 fully saturated rings. The number of carbonyl (C=O) groups excluding carboxylic acids is 1. The molecule has 0 bridgehead atoms. The number of carboxylic acid groups (broad SMARTS) is 2. The number of urea groups is 1. The van der Waals surface area contributed by atoms with Crippen LogP contribution in [-0.2, 0) is 16.1 Å². The van der Waals surface area contributed by atoms with Crippen LogP contribution in [0.4, 0.5) is 4.79 Å². The number of carbonyl (C=O) groups is 3. The van der Waals surface area contributed by atoms with Crippen LogP contribution >= 0.6 is 0 Å². The molecule has 1 heterocycles. The molecule has 0 aromatic carbocycles. The lowest BCUT2D eigenvalue weighted by Gasteiger charge is -2.13. The summed E-state index contributed by atoms with van der Waals surface area (Å²) in [7, 11) is 0.